The standard InChI is InChI=1S/C21H22O5/c1-21(2,20(23)24)26-19-12-16-13(8-9-17(16)22)10-15(19)11-14-6-4-5-7-18(14)25-3/h4-7,10,12H,8-9,11H2,1-3H3,(H,23,24). The normalized spacial score (nSPS) is 13.4. The maximum Gasteiger partial charge on any atom is 0.347 e. The Morgan fingerprint density at radius 1 is 1.12 bits per heavy atom. The number of para-hydroxylation sites is 1. The number of methoxy groups -OCH3 is 1. The van der Waals surface area contributed by atoms with Crippen molar-refractivity contribution in [2.24, 2.45) is 0 Å². The number of ketones is 1. The lowest BCUT2D eigenvalue weighted by atomic mass is 9.98. The summed E-state index contributed by atoms with van der Waals surface area (Å²) in [7, 11) is 1.62. The molecule has 26 heavy (non-hydrogen) atoms. The average molecular weight is 354 g/mol. The molecule has 136 valence electrons. The van der Waals surface area contributed by atoms with Crippen LogP contribution in [-0.4, -0.2) is 29.6 Å². The Morgan fingerprint density at radius 3 is 2.54 bits per heavy atom. The summed E-state index contributed by atoms with van der Waals surface area (Å²) in [4.78, 5) is 23.6. The third-order valence-electron chi connectivity index (χ3n) is 4.66. The second-order valence-electron chi connectivity index (χ2n) is 6.95. The van der Waals surface area contributed by atoms with Crippen molar-refractivity contribution in [3.05, 3.63) is 58.7 Å². The van der Waals surface area contributed by atoms with Gasteiger partial charge in [-0.25, -0.2) is 4.79 Å². The number of carbonyl (C=O) groups is 2. The molecule has 2 aromatic carbocycles. The molecule has 1 aliphatic rings. The Bertz CT molecular complexity index is 867. The third kappa shape index (κ3) is 3.43. The van der Waals surface area contributed by atoms with E-state index < -0.39 is 11.6 Å². The summed E-state index contributed by atoms with van der Waals surface area (Å²) >= 11 is 0. The Balaban J connectivity index is 2.05. The molecule has 0 spiro atoms. The largest absolute Gasteiger partial charge is 0.496 e. The van der Waals surface area contributed by atoms with Crippen LogP contribution in [0.5, 0.6) is 11.5 Å². The summed E-state index contributed by atoms with van der Waals surface area (Å²) < 4.78 is 11.2. The van der Waals surface area contributed by atoms with Crippen molar-refractivity contribution in [3.8, 4) is 11.5 Å². The zero-order chi connectivity index (χ0) is 18.9. The van der Waals surface area contributed by atoms with E-state index in [1.54, 1.807) is 13.2 Å². The lowest BCUT2D eigenvalue weighted by Crippen LogP contribution is -2.38. The molecule has 5 heteroatoms. The molecule has 0 saturated carbocycles. The minimum absolute atomic E-state index is 0.0711. The van der Waals surface area contributed by atoms with Crippen LogP contribution in [0.1, 0.15) is 47.3 Å². The quantitative estimate of drug-likeness (QED) is 0.857. The van der Waals surface area contributed by atoms with Gasteiger partial charge in [-0.05, 0) is 49.1 Å². The zero-order valence-electron chi connectivity index (χ0n) is 15.2. The number of hydrogen-bond donors (Lipinski definition) is 1. The lowest BCUT2D eigenvalue weighted by molar-refractivity contribution is -0.152. The minimum Gasteiger partial charge on any atom is -0.496 e. The van der Waals surface area contributed by atoms with E-state index >= 15 is 0 Å². The first-order valence-corrected chi connectivity index (χ1v) is 8.55. The van der Waals surface area contributed by atoms with Crippen LogP contribution >= 0.6 is 0 Å². The molecule has 5 nitrogen and oxygen atoms in total. The van der Waals surface area contributed by atoms with Crippen molar-refractivity contribution in [1.29, 1.82) is 0 Å². The van der Waals surface area contributed by atoms with Crippen LogP contribution in [-0.2, 0) is 17.6 Å². The monoisotopic (exact) mass is 354 g/mol. The lowest BCUT2D eigenvalue weighted by Gasteiger charge is -2.24. The van der Waals surface area contributed by atoms with Gasteiger partial charge in [0.25, 0.3) is 0 Å². The molecule has 0 fully saturated rings. The Labute approximate surface area is 152 Å². The zero-order valence-corrected chi connectivity index (χ0v) is 15.2. The van der Waals surface area contributed by atoms with Crippen molar-refractivity contribution in [2.45, 2.75) is 38.7 Å². The SMILES string of the molecule is COc1ccccc1Cc1cc2c(cc1OC(C)(C)C(=O)O)C(=O)CC2. The van der Waals surface area contributed by atoms with Crippen LogP contribution in [0.4, 0.5) is 0 Å². The fraction of sp³-hybridized carbons (Fsp3) is 0.333. The Kier molecular flexibility index (Phi) is 4.72. The van der Waals surface area contributed by atoms with E-state index in [0.29, 0.717) is 30.6 Å². The predicted molar refractivity (Wildman–Crippen MR) is 97.2 cm³/mol. The van der Waals surface area contributed by atoms with Crippen LogP contribution in [0.25, 0.3) is 0 Å². The molecular formula is C21H22O5. The van der Waals surface area contributed by atoms with Crippen molar-refractivity contribution >= 4 is 11.8 Å². The van der Waals surface area contributed by atoms with Gasteiger partial charge < -0.3 is 14.6 Å². The molecule has 0 aromatic heterocycles. The first-order valence-electron chi connectivity index (χ1n) is 8.55. The van der Waals surface area contributed by atoms with Gasteiger partial charge in [-0.1, -0.05) is 24.3 Å². The Hall–Kier alpha value is -2.82. The number of carboxylic acid groups (broad SMARTS) is 1. The van der Waals surface area contributed by atoms with E-state index in [9.17, 15) is 14.7 Å². The topological polar surface area (TPSA) is 72.8 Å². The number of aryl methyl sites for hydroxylation is 1. The van der Waals surface area contributed by atoms with Gasteiger partial charge in [0.2, 0.25) is 0 Å². The molecule has 3 rings (SSSR count). The van der Waals surface area contributed by atoms with Gasteiger partial charge in [0.05, 0.1) is 7.11 Å². The first-order chi connectivity index (χ1) is 12.3. The number of benzene rings is 2. The van der Waals surface area contributed by atoms with Gasteiger partial charge in [0.15, 0.2) is 11.4 Å². The molecule has 2 aromatic rings. The van der Waals surface area contributed by atoms with E-state index in [2.05, 4.69) is 0 Å². The van der Waals surface area contributed by atoms with Crippen LogP contribution < -0.4 is 9.47 Å². The minimum atomic E-state index is -1.40. The summed E-state index contributed by atoms with van der Waals surface area (Å²) in [5, 5.41) is 9.40. The number of fused-ring (bicyclic) bond motifs is 1. The molecule has 0 radical (unpaired) electrons. The van der Waals surface area contributed by atoms with Crippen LogP contribution in [0, 0.1) is 0 Å². The van der Waals surface area contributed by atoms with Crippen molar-refractivity contribution in [2.75, 3.05) is 7.11 Å². The van der Waals surface area contributed by atoms with Gasteiger partial charge in [-0.3, -0.25) is 4.79 Å². The number of carbonyl (C=O) groups excluding carboxylic acids is 1. The average Bonchev–Trinajstić information content (AvgIpc) is 2.95. The van der Waals surface area contributed by atoms with Gasteiger partial charge >= 0.3 is 5.97 Å². The number of hydrogen-bond acceptors (Lipinski definition) is 4. The molecule has 0 aliphatic heterocycles. The number of aliphatic carboxylic acids is 1. The fourth-order valence-electron chi connectivity index (χ4n) is 3.13. The molecule has 0 unspecified atom stereocenters. The second-order valence-corrected chi connectivity index (χ2v) is 6.95. The molecule has 1 N–H and O–H groups in total. The van der Waals surface area contributed by atoms with Gasteiger partial charge in [-0.15, -0.1) is 0 Å². The highest BCUT2D eigenvalue weighted by Crippen LogP contribution is 2.34. The summed E-state index contributed by atoms with van der Waals surface area (Å²) in [6.07, 6.45) is 1.71. The van der Waals surface area contributed by atoms with E-state index in [0.717, 1.165) is 22.4 Å². The summed E-state index contributed by atoms with van der Waals surface area (Å²) in [6.45, 7) is 2.99. The molecule has 0 atom stereocenters. The maximum absolute atomic E-state index is 12.1. The highest BCUT2D eigenvalue weighted by atomic mass is 16.5. The smallest absolute Gasteiger partial charge is 0.347 e. The first kappa shape index (κ1) is 18.0. The summed E-state index contributed by atoms with van der Waals surface area (Å²) in [6, 6.07) is 11.3. The molecule has 0 saturated heterocycles. The highest BCUT2D eigenvalue weighted by Gasteiger charge is 2.32. The predicted octanol–water partition coefficient (Wildman–Crippen LogP) is 3.66. The highest BCUT2D eigenvalue weighted by molar-refractivity contribution is 6.01. The molecule has 1 aliphatic carbocycles. The molecule has 0 heterocycles. The van der Waals surface area contributed by atoms with Crippen LogP contribution in [0.15, 0.2) is 36.4 Å². The third-order valence-corrected chi connectivity index (χ3v) is 4.66. The molecular weight excluding hydrogens is 332 g/mol. The van der Waals surface area contributed by atoms with E-state index in [-0.39, 0.29) is 5.78 Å². The second kappa shape index (κ2) is 6.83. The summed E-state index contributed by atoms with van der Waals surface area (Å²) in [5.74, 6) is 0.194. The number of ether oxygens (including phenoxy) is 2. The maximum atomic E-state index is 12.1. The molecule has 0 bridgehead atoms. The van der Waals surface area contributed by atoms with Crippen LogP contribution in [0.2, 0.25) is 0 Å². The molecule has 0 amide bonds. The van der Waals surface area contributed by atoms with Crippen molar-refractivity contribution in [1.82, 2.24) is 0 Å². The van der Waals surface area contributed by atoms with Gasteiger partial charge in [-0.2, -0.15) is 0 Å². The fourth-order valence-corrected chi connectivity index (χ4v) is 3.13. The number of carboxylic acids is 1. The van der Waals surface area contributed by atoms with Crippen molar-refractivity contribution in [3.63, 3.8) is 0 Å². The Morgan fingerprint density at radius 2 is 1.85 bits per heavy atom. The van der Waals surface area contributed by atoms with Crippen molar-refractivity contribution < 1.29 is 24.2 Å². The van der Waals surface area contributed by atoms with E-state index in [1.165, 1.54) is 13.8 Å². The van der Waals surface area contributed by atoms with Crippen LogP contribution in [0.3, 0.4) is 0 Å². The number of Topliss-reactive ketones (excluding diaryl/α,β-unsaturated/α-hetero) is 1. The summed E-state index contributed by atoms with van der Waals surface area (Å²) in [5.41, 5.74) is 2.03. The van der Waals surface area contributed by atoms with Gasteiger partial charge in [0, 0.05) is 18.4 Å². The van der Waals surface area contributed by atoms with Gasteiger partial charge in [0.1, 0.15) is 11.5 Å². The van der Waals surface area contributed by atoms with E-state index in [4.69, 9.17) is 9.47 Å². The number of rotatable bonds is 6. The van der Waals surface area contributed by atoms with E-state index in [1.807, 2.05) is 30.3 Å².